The number of aromatic nitrogens is 4. The molecule has 0 saturated heterocycles. The van der Waals surface area contributed by atoms with Crippen molar-refractivity contribution in [3.05, 3.63) is 47.0 Å². The highest BCUT2D eigenvalue weighted by Gasteiger charge is 2.72. The highest BCUT2D eigenvalue weighted by molar-refractivity contribution is 6.28. The number of aldehydes is 1. The number of benzene rings is 1. The van der Waals surface area contributed by atoms with Crippen LogP contribution in [0.25, 0.3) is 11.2 Å². The van der Waals surface area contributed by atoms with Crippen molar-refractivity contribution in [3.8, 4) is 11.8 Å². The van der Waals surface area contributed by atoms with Gasteiger partial charge in [-0.1, -0.05) is 24.0 Å². The lowest BCUT2D eigenvalue weighted by molar-refractivity contribution is -0.121. The lowest BCUT2D eigenvalue weighted by Crippen LogP contribution is -2.34. The van der Waals surface area contributed by atoms with Gasteiger partial charge >= 0.3 is 0 Å². The molecule has 5 atom stereocenters. The summed E-state index contributed by atoms with van der Waals surface area (Å²) in [5.74, 6) is 6.56. The van der Waals surface area contributed by atoms with E-state index in [1.165, 1.54) is 0 Å². The summed E-state index contributed by atoms with van der Waals surface area (Å²) in [6, 6.07) is 7.27. The van der Waals surface area contributed by atoms with Crippen molar-refractivity contribution in [3.63, 3.8) is 0 Å². The van der Waals surface area contributed by atoms with Crippen molar-refractivity contribution in [2.24, 2.45) is 11.3 Å². The van der Waals surface area contributed by atoms with E-state index in [-0.39, 0.29) is 17.1 Å². The van der Waals surface area contributed by atoms with Crippen molar-refractivity contribution in [1.29, 1.82) is 0 Å². The second-order valence-corrected chi connectivity index (χ2v) is 10.1. The molecule has 1 unspecified atom stereocenters. The summed E-state index contributed by atoms with van der Waals surface area (Å²) in [4.78, 5) is 36.2. The maximum Gasteiger partial charge on any atom is 0.226 e. The van der Waals surface area contributed by atoms with Crippen LogP contribution < -0.4 is 10.6 Å². The number of imidazole rings is 1. The molecule has 0 bridgehead atoms. The third kappa shape index (κ3) is 4.85. The van der Waals surface area contributed by atoms with Gasteiger partial charge in [-0.3, -0.25) is 4.79 Å². The summed E-state index contributed by atoms with van der Waals surface area (Å²) >= 11 is 6.24. The fraction of sp³-hybridized carbons (Fsp3) is 0.444. The smallest absolute Gasteiger partial charge is 0.226 e. The van der Waals surface area contributed by atoms with Gasteiger partial charge in [0.1, 0.15) is 12.4 Å². The predicted octanol–water partition coefficient (Wildman–Crippen LogP) is 2.23. The zero-order chi connectivity index (χ0) is 26.9. The van der Waals surface area contributed by atoms with E-state index in [0.717, 1.165) is 17.4 Å². The third-order valence-electron chi connectivity index (χ3n) is 7.37. The highest BCUT2D eigenvalue weighted by atomic mass is 35.5. The Bertz CT molecular complexity index is 1430. The topological polar surface area (TPSA) is 142 Å². The van der Waals surface area contributed by atoms with Gasteiger partial charge in [-0.15, -0.1) is 0 Å². The van der Waals surface area contributed by atoms with Crippen LogP contribution in [0.3, 0.4) is 0 Å². The lowest BCUT2D eigenvalue weighted by Gasteiger charge is -2.22. The average molecular weight is 537 g/mol. The molecule has 2 saturated carbocycles. The number of fused-ring (bicyclic) bond motifs is 2. The number of carbonyl (C=O) groups is 2. The van der Waals surface area contributed by atoms with Crippen LogP contribution in [-0.2, 0) is 16.1 Å². The Morgan fingerprint density at radius 3 is 2.95 bits per heavy atom. The quantitative estimate of drug-likeness (QED) is 0.141. The Labute approximate surface area is 224 Å². The summed E-state index contributed by atoms with van der Waals surface area (Å²) < 4.78 is 1.69. The number of nitrogens with one attached hydrogen (secondary N) is 2. The molecule has 0 spiro atoms. The molecule has 2 aliphatic rings. The van der Waals surface area contributed by atoms with Gasteiger partial charge in [-0.05, 0) is 55.0 Å². The number of hydrogen-bond donors (Lipinski definition) is 4. The summed E-state index contributed by atoms with van der Waals surface area (Å²) in [6.07, 6.45) is 2.39. The first-order valence-corrected chi connectivity index (χ1v) is 13.1. The zero-order valence-corrected chi connectivity index (χ0v) is 21.6. The maximum atomic E-state index is 11.6. The van der Waals surface area contributed by atoms with Crippen LogP contribution in [0, 0.1) is 23.2 Å². The zero-order valence-electron chi connectivity index (χ0n) is 20.9. The lowest BCUT2D eigenvalue weighted by atomic mass is 10.0. The fourth-order valence-electron chi connectivity index (χ4n) is 5.37. The van der Waals surface area contributed by atoms with Crippen molar-refractivity contribution in [2.45, 2.75) is 57.4 Å². The molecule has 2 aromatic heterocycles. The second-order valence-electron chi connectivity index (χ2n) is 9.79. The number of rotatable bonds is 9. The maximum absolute atomic E-state index is 11.6. The first kappa shape index (κ1) is 26.1. The number of halogens is 1. The van der Waals surface area contributed by atoms with Gasteiger partial charge in [0, 0.05) is 31.5 Å². The Morgan fingerprint density at radius 1 is 1.34 bits per heavy atom. The molecule has 3 aromatic rings. The summed E-state index contributed by atoms with van der Waals surface area (Å²) in [7, 11) is 0. The van der Waals surface area contributed by atoms with Crippen molar-refractivity contribution in [2.75, 3.05) is 11.9 Å². The van der Waals surface area contributed by atoms with Crippen molar-refractivity contribution >= 4 is 40.8 Å². The normalized spacial score (nSPS) is 25.4. The third-order valence-corrected chi connectivity index (χ3v) is 7.54. The SMILES string of the molecule is CCNC(=O)CCCC#Cc1cccc(CNc2nc(Cl)nc3c2ncn3[C@@H]2[C@H]3C[C@@]3(C=O)C(O)[C@@H]2O)c1. The Morgan fingerprint density at radius 2 is 2.18 bits per heavy atom. The number of unbranched alkanes of at least 4 members (excludes halogenated alkanes) is 1. The van der Waals surface area contributed by atoms with Gasteiger partial charge in [-0.25, -0.2) is 4.98 Å². The molecule has 0 radical (unpaired) electrons. The molecule has 2 heterocycles. The second kappa shape index (κ2) is 10.7. The van der Waals surface area contributed by atoms with Crippen molar-refractivity contribution in [1.82, 2.24) is 24.8 Å². The Hall–Kier alpha value is -3.52. The minimum Gasteiger partial charge on any atom is -0.389 e. The fourth-order valence-corrected chi connectivity index (χ4v) is 5.54. The molecule has 1 amide bonds. The van der Waals surface area contributed by atoms with Crippen molar-refractivity contribution < 1.29 is 19.8 Å². The first-order valence-electron chi connectivity index (χ1n) is 12.7. The van der Waals surface area contributed by atoms with E-state index < -0.39 is 23.7 Å². The molecule has 5 rings (SSSR count). The molecular formula is C27H29ClN6O4. The highest BCUT2D eigenvalue weighted by Crippen LogP contribution is 2.66. The van der Waals surface area contributed by atoms with Crippen LogP contribution in [0.5, 0.6) is 0 Å². The molecule has 38 heavy (non-hydrogen) atoms. The molecule has 0 aliphatic heterocycles. The predicted molar refractivity (Wildman–Crippen MR) is 141 cm³/mol. The van der Waals surface area contributed by atoms with Gasteiger partial charge in [-0.2, -0.15) is 9.97 Å². The minimum absolute atomic E-state index is 0.0134. The molecule has 2 aliphatic carbocycles. The van der Waals surface area contributed by atoms with Gasteiger partial charge in [0.05, 0.1) is 23.9 Å². The van der Waals surface area contributed by atoms with Crippen LogP contribution in [0.2, 0.25) is 5.28 Å². The van der Waals surface area contributed by atoms with E-state index in [4.69, 9.17) is 11.6 Å². The molecule has 10 nitrogen and oxygen atoms in total. The number of hydrogen-bond acceptors (Lipinski definition) is 8. The first-order chi connectivity index (χ1) is 18.4. The van der Waals surface area contributed by atoms with Gasteiger partial charge in [0.15, 0.2) is 17.0 Å². The monoisotopic (exact) mass is 536 g/mol. The van der Waals surface area contributed by atoms with E-state index >= 15 is 0 Å². The minimum atomic E-state index is -1.13. The standard InChI is InChI=1S/C27H29ClN6O4/c1-2-29-19(36)10-5-3-4-7-16-8-6-9-17(11-16)13-30-24-20-25(33-26(28)32-24)34(15-31-20)21-18-12-27(18,14-35)23(38)22(21)37/h6,8-9,11,14-15,18,21-23,37-38H,2-3,5,10,12-13H2,1H3,(H,29,36)(H,30,32,33)/t18-,21-,22-,23?,27+/m1/s1. The molecule has 198 valence electrons. The van der Waals surface area contributed by atoms with Gasteiger partial charge in [0.25, 0.3) is 0 Å². The molecule has 2 fully saturated rings. The molecule has 11 heteroatoms. The van der Waals surface area contributed by atoms with E-state index in [0.29, 0.717) is 55.8 Å². The number of amides is 1. The van der Waals surface area contributed by atoms with E-state index in [1.807, 2.05) is 31.2 Å². The molecule has 4 N–H and O–H groups in total. The number of carbonyl (C=O) groups excluding carboxylic acids is 2. The number of aliphatic hydroxyl groups excluding tert-OH is 2. The largest absolute Gasteiger partial charge is 0.389 e. The van der Waals surface area contributed by atoms with Crippen LogP contribution >= 0.6 is 11.6 Å². The molecular weight excluding hydrogens is 508 g/mol. The van der Waals surface area contributed by atoms with Crippen LogP contribution in [-0.4, -0.2) is 60.7 Å². The summed E-state index contributed by atoms with van der Waals surface area (Å²) in [5, 5.41) is 27.2. The average Bonchev–Trinajstić information content (AvgIpc) is 3.43. The summed E-state index contributed by atoms with van der Waals surface area (Å²) in [5.41, 5.74) is 1.84. The number of aliphatic hydroxyl groups is 2. The van der Waals surface area contributed by atoms with E-state index in [1.54, 1.807) is 10.9 Å². The van der Waals surface area contributed by atoms with Crippen LogP contribution in [0.1, 0.15) is 49.8 Å². The van der Waals surface area contributed by atoms with Crippen LogP contribution in [0.4, 0.5) is 5.82 Å². The van der Waals surface area contributed by atoms with E-state index in [2.05, 4.69) is 37.4 Å². The Kier molecular flexibility index (Phi) is 7.34. The summed E-state index contributed by atoms with van der Waals surface area (Å²) in [6.45, 7) is 2.97. The van der Waals surface area contributed by atoms with Crippen LogP contribution in [0.15, 0.2) is 30.6 Å². The molecule has 1 aromatic carbocycles. The van der Waals surface area contributed by atoms with Gasteiger partial charge < -0.3 is 30.2 Å². The van der Waals surface area contributed by atoms with Gasteiger partial charge in [0.2, 0.25) is 11.2 Å². The number of anilines is 1. The number of nitrogens with zero attached hydrogens (tertiary/aromatic N) is 4. The Balaban J connectivity index is 1.28. The van der Waals surface area contributed by atoms with E-state index in [9.17, 15) is 19.8 Å².